The zero-order valence-electron chi connectivity index (χ0n) is 15.1. The maximum Gasteiger partial charge on any atom is 0.240 e. The third-order valence-electron chi connectivity index (χ3n) is 3.94. The molecular weight excluding hydrogens is 328 g/mol. The minimum absolute atomic E-state index is 0.0216. The first kappa shape index (κ1) is 17.7. The molecule has 0 aliphatic heterocycles. The summed E-state index contributed by atoms with van der Waals surface area (Å²) in [7, 11) is 0. The molecule has 0 aliphatic carbocycles. The van der Waals surface area contributed by atoms with E-state index in [4.69, 9.17) is 0 Å². The van der Waals surface area contributed by atoms with E-state index in [0.29, 0.717) is 25.6 Å². The molecule has 0 bridgehead atoms. The average Bonchev–Trinajstić information content (AvgIpc) is 3.02. The normalized spacial score (nSPS) is 10.7. The SMILES string of the molecule is CCNc1cc(C)nc(NCCNC(=O)Cn2ccc3ccccc32)n1. The minimum Gasteiger partial charge on any atom is -0.370 e. The van der Waals surface area contributed by atoms with Crippen molar-refractivity contribution in [1.82, 2.24) is 19.9 Å². The summed E-state index contributed by atoms with van der Waals surface area (Å²) in [6, 6.07) is 11.9. The number of fused-ring (bicyclic) bond motifs is 1. The molecule has 7 nitrogen and oxygen atoms in total. The van der Waals surface area contributed by atoms with Crippen molar-refractivity contribution in [2.45, 2.75) is 20.4 Å². The second-order valence-electron chi connectivity index (χ2n) is 6.03. The van der Waals surface area contributed by atoms with Crippen molar-refractivity contribution in [2.24, 2.45) is 0 Å². The van der Waals surface area contributed by atoms with Crippen molar-refractivity contribution in [1.29, 1.82) is 0 Å². The van der Waals surface area contributed by atoms with Crippen LogP contribution in [-0.2, 0) is 11.3 Å². The van der Waals surface area contributed by atoms with Gasteiger partial charge in [0.25, 0.3) is 0 Å². The van der Waals surface area contributed by atoms with Crippen molar-refractivity contribution < 1.29 is 4.79 Å². The highest BCUT2D eigenvalue weighted by Crippen LogP contribution is 2.14. The summed E-state index contributed by atoms with van der Waals surface area (Å²) in [6.45, 7) is 6.13. The molecule has 7 heteroatoms. The molecule has 0 unspecified atom stereocenters. The summed E-state index contributed by atoms with van der Waals surface area (Å²) in [5.74, 6) is 1.34. The van der Waals surface area contributed by atoms with Gasteiger partial charge < -0.3 is 20.5 Å². The molecule has 3 aromatic rings. The van der Waals surface area contributed by atoms with Crippen LogP contribution in [0, 0.1) is 6.92 Å². The van der Waals surface area contributed by atoms with Gasteiger partial charge in [-0.15, -0.1) is 0 Å². The molecule has 0 spiro atoms. The molecule has 0 radical (unpaired) electrons. The number of nitrogens with zero attached hydrogens (tertiary/aromatic N) is 3. The van der Waals surface area contributed by atoms with E-state index < -0.39 is 0 Å². The van der Waals surface area contributed by atoms with Crippen molar-refractivity contribution in [3.63, 3.8) is 0 Å². The zero-order chi connectivity index (χ0) is 18.4. The predicted octanol–water partition coefficient (Wildman–Crippen LogP) is 2.40. The van der Waals surface area contributed by atoms with E-state index >= 15 is 0 Å². The lowest BCUT2D eigenvalue weighted by Gasteiger charge is -2.10. The molecule has 0 aliphatic rings. The molecule has 3 rings (SSSR count). The number of hydrogen-bond donors (Lipinski definition) is 3. The quantitative estimate of drug-likeness (QED) is 0.542. The highest BCUT2D eigenvalue weighted by Gasteiger charge is 2.06. The number of anilines is 2. The van der Waals surface area contributed by atoms with E-state index in [-0.39, 0.29) is 5.91 Å². The van der Waals surface area contributed by atoms with E-state index in [0.717, 1.165) is 29.0 Å². The fourth-order valence-electron chi connectivity index (χ4n) is 2.78. The number of amides is 1. The fourth-order valence-corrected chi connectivity index (χ4v) is 2.78. The summed E-state index contributed by atoms with van der Waals surface area (Å²) in [4.78, 5) is 20.9. The monoisotopic (exact) mass is 352 g/mol. The Morgan fingerprint density at radius 2 is 1.96 bits per heavy atom. The highest BCUT2D eigenvalue weighted by molar-refractivity contribution is 5.83. The molecule has 26 heavy (non-hydrogen) atoms. The Morgan fingerprint density at radius 3 is 2.81 bits per heavy atom. The summed E-state index contributed by atoms with van der Waals surface area (Å²) < 4.78 is 1.95. The Hall–Kier alpha value is -3.09. The third-order valence-corrected chi connectivity index (χ3v) is 3.94. The van der Waals surface area contributed by atoms with Crippen LogP contribution < -0.4 is 16.0 Å². The van der Waals surface area contributed by atoms with Gasteiger partial charge in [0.05, 0.1) is 0 Å². The van der Waals surface area contributed by atoms with Gasteiger partial charge in [0, 0.05) is 43.1 Å². The molecule has 0 fully saturated rings. The summed E-state index contributed by atoms with van der Waals surface area (Å²) in [5, 5.41) is 10.4. The molecule has 0 saturated heterocycles. The number of carbonyl (C=O) groups is 1. The topological polar surface area (TPSA) is 83.9 Å². The van der Waals surface area contributed by atoms with Crippen LogP contribution in [0.15, 0.2) is 42.6 Å². The van der Waals surface area contributed by atoms with E-state index in [1.54, 1.807) is 0 Å². The third kappa shape index (κ3) is 4.50. The molecule has 1 aromatic carbocycles. The van der Waals surface area contributed by atoms with Gasteiger partial charge in [-0.1, -0.05) is 18.2 Å². The van der Waals surface area contributed by atoms with Gasteiger partial charge in [0.2, 0.25) is 11.9 Å². The summed E-state index contributed by atoms with van der Waals surface area (Å²) >= 11 is 0. The van der Waals surface area contributed by atoms with Crippen LogP contribution >= 0.6 is 0 Å². The largest absolute Gasteiger partial charge is 0.370 e. The molecule has 2 aromatic heterocycles. The smallest absolute Gasteiger partial charge is 0.240 e. The summed E-state index contributed by atoms with van der Waals surface area (Å²) in [5.41, 5.74) is 1.95. The number of aromatic nitrogens is 3. The van der Waals surface area contributed by atoms with Crippen LogP contribution in [0.4, 0.5) is 11.8 Å². The molecule has 136 valence electrons. The van der Waals surface area contributed by atoms with Crippen LogP contribution in [0.3, 0.4) is 0 Å². The summed E-state index contributed by atoms with van der Waals surface area (Å²) in [6.07, 6.45) is 1.94. The maximum absolute atomic E-state index is 12.2. The Labute approximate surface area is 152 Å². The molecule has 0 atom stereocenters. The van der Waals surface area contributed by atoms with Gasteiger partial charge >= 0.3 is 0 Å². The number of carbonyl (C=O) groups excluding carboxylic acids is 1. The number of rotatable bonds is 8. The zero-order valence-corrected chi connectivity index (χ0v) is 15.1. The lowest BCUT2D eigenvalue weighted by atomic mass is 10.2. The Kier molecular flexibility index (Phi) is 5.68. The molecule has 1 amide bonds. The number of para-hydroxylation sites is 1. The van der Waals surface area contributed by atoms with E-state index in [2.05, 4.69) is 25.9 Å². The van der Waals surface area contributed by atoms with Gasteiger partial charge in [-0.2, -0.15) is 4.98 Å². The molecule has 2 heterocycles. The van der Waals surface area contributed by atoms with E-state index in [9.17, 15) is 4.79 Å². The van der Waals surface area contributed by atoms with Crippen LogP contribution in [0.2, 0.25) is 0 Å². The number of aryl methyl sites for hydroxylation is 1. The fraction of sp³-hybridized carbons (Fsp3) is 0.316. The molecular formula is C19H24N6O. The predicted molar refractivity (Wildman–Crippen MR) is 104 cm³/mol. The highest BCUT2D eigenvalue weighted by atomic mass is 16.1. The second kappa shape index (κ2) is 8.33. The standard InChI is InChI=1S/C19H24N6O/c1-3-20-17-12-14(2)23-19(24-17)22-10-9-21-18(26)13-25-11-8-15-6-4-5-7-16(15)25/h4-8,11-12H,3,9-10,13H2,1-2H3,(H,21,26)(H2,20,22,23,24). The van der Waals surface area contributed by atoms with Gasteiger partial charge in [-0.25, -0.2) is 4.98 Å². The first-order chi connectivity index (χ1) is 12.7. The molecule has 0 saturated carbocycles. The first-order valence-electron chi connectivity index (χ1n) is 8.79. The van der Waals surface area contributed by atoms with Crippen LogP contribution in [0.1, 0.15) is 12.6 Å². The van der Waals surface area contributed by atoms with Crippen molar-refractivity contribution in [2.75, 3.05) is 30.3 Å². The van der Waals surface area contributed by atoms with Gasteiger partial charge in [0.1, 0.15) is 12.4 Å². The number of nitrogens with one attached hydrogen (secondary N) is 3. The van der Waals surface area contributed by atoms with Gasteiger partial charge in [-0.3, -0.25) is 4.79 Å². The number of benzene rings is 1. The minimum atomic E-state index is -0.0216. The van der Waals surface area contributed by atoms with Gasteiger partial charge in [-0.05, 0) is 31.4 Å². The van der Waals surface area contributed by atoms with Crippen LogP contribution in [0.25, 0.3) is 10.9 Å². The van der Waals surface area contributed by atoms with Crippen molar-refractivity contribution in [3.8, 4) is 0 Å². The van der Waals surface area contributed by atoms with Crippen LogP contribution in [-0.4, -0.2) is 40.1 Å². The van der Waals surface area contributed by atoms with Crippen molar-refractivity contribution in [3.05, 3.63) is 48.3 Å². The van der Waals surface area contributed by atoms with Crippen LogP contribution in [0.5, 0.6) is 0 Å². The Morgan fingerprint density at radius 1 is 1.12 bits per heavy atom. The van der Waals surface area contributed by atoms with Gasteiger partial charge in [0.15, 0.2) is 0 Å². The molecule has 3 N–H and O–H groups in total. The van der Waals surface area contributed by atoms with E-state index in [1.165, 1.54) is 0 Å². The maximum atomic E-state index is 12.2. The first-order valence-corrected chi connectivity index (χ1v) is 8.79. The Bertz CT molecular complexity index is 889. The van der Waals surface area contributed by atoms with Crippen molar-refractivity contribution >= 4 is 28.6 Å². The lowest BCUT2D eigenvalue weighted by molar-refractivity contribution is -0.121. The number of hydrogen-bond acceptors (Lipinski definition) is 5. The average molecular weight is 352 g/mol. The van der Waals surface area contributed by atoms with E-state index in [1.807, 2.05) is 61.0 Å². The lowest BCUT2D eigenvalue weighted by Crippen LogP contribution is -2.31. The Balaban J connectivity index is 1.47. The second-order valence-corrected chi connectivity index (χ2v) is 6.03.